The van der Waals surface area contributed by atoms with Gasteiger partial charge < -0.3 is 5.32 Å². The van der Waals surface area contributed by atoms with Crippen LogP contribution in [0.1, 0.15) is 12.8 Å². The van der Waals surface area contributed by atoms with E-state index in [0.717, 1.165) is 5.69 Å². The largest absolute Gasteiger partial charge is 0.326 e. The van der Waals surface area contributed by atoms with Gasteiger partial charge in [0, 0.05) is 25.7 Å². The highest BCUT2D eigenvalue weighted by Crippen LogP contribution is 2.20. The van der Waals surface area contributed by atoms with Crippen molar-refractivity contribution in [2.45, 2.75) is 17.1 Å². The molecule has 22 heavy (non-hydrogen) atoms. The number of amides is 1. The lowest BCUT2D eigenvalue weighted by Crippen LogP contribution is -2.28. The zero-order valence-electron chi connectivity index (χ0n) is 12.2. The number of thiophene rings is 1. The van der Waals surface area contributed by atoms with Crippen molar-refractivity contribution in [3.8, 4) is 0 Å². The van der Waals surface area contributed by atoms with E-state index in [1.54, 1.807) is 17.5 Å². The van der Waals surface area contributed by atoms with Crippen LogP contribution >= 0.6 is 11.3 Å². The molecule has 1 amide bonds. The Morgan fingerprint density at radius 1 is 1.18 bits per heavy atom. The molecule has 0 aliphatic heterocycles. The van der Waals surface area contributed by atoms with E-state index in [2.05, 4.69) is 5.32 Å². The molecule has 118 valence electrons. The number of para-hydroxylation sites is 1. The highest BCUT2D eigenvalue weighted by Gasteiger charge is 2.21. The zero-order valence-corrected chi connectivity index (χ0v) is 13.9. The molecule has 0 bridgehead atoms. The quantitative estimate of drug-likeness (QED) is 0.844. The van der Waals surface area contributed by atoms with E-state index in [-0.39, 0.29) is 12.3 Å². The van der Waals surface area contributed by atoms with Gasteiger partial charge in [-0.25, -0.2) is 12.7 Å². The monoisotopic (exact) mass is 338 g/mol. The third-order valence-electron chi connectivity index (χ3n) is 3.09. The highest BCUT2D eigenvalue weighted by atomic mass is 32.2. The van der Waals surface area contributed by atoms with E-state index in [1.165, 1.54) is 22.7 Å². The van der Waals surface area contributed by atoms with Gasteiger partial charge in [0.25, 0.3) is 10.0 Å². The number of benzene rings is 1. The minimum absolute atomic E-state index is 0.117. The smallest absolute Gasteiger partial charge is 0.252 e. The second kappa shape index (κ2) is 7.53. The van der Waals surface area contributed by atoms with Crippen molar-refractivity contribution >= 4 is 33.0 Å². The molecule has 5 nitrogen and oxygen atoms in total. The maximum absolute atomic E-state index is 12.2. The molecule has 0 saturated carbocycles. The van der Waals surface area contributed by atoms with Gasteiger partial charge >= 0.3 is 0 Å². The predicted octanol–water partition coefficient (Wildman–Crippen LogP) is 2.79. The standard InChI is InChI=1S/C15H18N2O3S2/c1-17(22(19,20)15-10-6-12-21-15)11-5-9-14(18)16-13-7-3-2-4-8-13/h2-4,6-8,10,12H,5,9,11H2,1H3,(H,16,18). The van der Waals surface area contributed by atoms with E-state index in [1.807, 2.05) is 30.3 Å². The molecule has 0 atom stereocenters. The zero-order chi connectivity index (χ0) is 16.0. The summed E-state index contributed by atoms with van der Waals surface area (Å²) in [4.78, 5) is 11.8. The number of hydrogen-bond donors (Lipinski definition) is 1. The number of nitrogens with zero attached hydrogens (tertiary/aromatic N) is 1. The second-order valence-electron chi connectivity index (χ2n) is 4.78. The van der Waals surface area contributed by atoms with Crippen LogP contribution in [0.15, 0.2) is 52.1 Å². The first-order valence-electron chi connectivity index (χ1n) is 6.85. The molecule has 1 N–H and O–H groups in total. The van der Waals surface area contributed by atoms with Gasteiger partial charge in [-0.15, -0.1) is 11.3 Å². The minimum atomic E-state index is -3.43. The van der Waals surface area contributed by atoms with Crippen molar-refractivity contribution in [1.29, 1.82) is 0 Å². The minimum Gasteiger partial charge on any atom is -0.326 e. The first kappa shape index (κ1) is 16.7. The Labute approximate surface area is 134 Å². The van der Waals surface area contributed by atoms with E-state index in [0.29, 0.717) is 17.2 Å². The lowest BCUT2D eigenvalue weighted by Gasteiger charge is -2.15. The average molecular weight is 338 g/mol. The van der Waals surface area contributed by atoms with Crippen molar-refractivity contribution in [3.05, 3.63) is 47.8 Å². The van der Waals surface area contributed by atoms with Crippen molar-refractivity contribution in [2.75, 3.05) is 18.9 Å². The summed E-state index contributed by atoms with van der Waals surface area (Å²) in [6.45, 7) is 0.308. The van der Waals surface area contributed by atoms with Crippen LogP contribution in [0.4, 0.5) is 5.69 Å². The molecule has 2 rings (SSSR count). The normalized spacial score (nSPS) is 11.5. The number of sulfonamides is 1. The van der Waals surface area contributed by atoms with Gasteiger partial charge in [-0.05, 0) is 30.0 Å². The van der Waals surface area contributed by atoms with Gasteiger partial charge in [0.05, 0.1) is 0 Å². The third-order valence-corrected chi connectivity index (χ3v) is 6.32. The Bertz CT molecular complexity index is 698. The second-order valence-corrected chi connectivity index (χ2v) is 8.00. The third kappa shape index (κ3) is 4.40. The van der Waals surface area contributed by atoms with Crippen LogP contribution in [-0.4, -0.2) is 32.2 Å². The fourth-order valence-electron chi connectivity index (χ4n) is 1.89. The van der Waals surface area contributed by atoms with Gasteiger partial charge in [-0.2, -0.15) is 0 Å². The first-order valence-corrected chi connectivity index (χ1v) is 9.17. The van der Waals surface area contributed by atoms with Gasteiger partial charge in [0.1, 0.15) is 4.21 Å². The number of nitrogens with one attached hydrogen (secondary N) is 1. The molecule has 7 heteroatoms. The molecule has 0 aliphatic carbocycles. The predicted molar refractivity (Wildman–Crippen MR) is 88.4 cm³/mol. The Kier molecular flexibility index (Phi) is 5.70. The van der Waals surface area contributed by atoms with Crippen LogP contribution in [0.25, 0.3) is 0 Å². The first-order chi connectivity index (χ1) is 10.5. The molecule has 0 unspecified atom stereocenters. The lowest BCUT2D eigenvalue weighted by atomic mass is 10.2. The Balaban J connectivity index is 1.80. The van der Waals surface area contributed by atoms with Crippen molar-refractivity contribution in [2.24, 2.45) is 0 Å². The Morgan fingerprint density at radius 2 is 1.91 bits per heavy atom. The Morgan fingerprint density at radius 3 is 2.55 bits per heavy atom. The summed E-state index contributed by atoms with van der Waals surface area (Å²) in [7, 11) is -1.90. The summed E-state index contributed by atoms with van der Waals surface area (Å²) in [6.07, 6.45) is 0.749. The van der Waals surface area contributed by atoms with Crippen molar-refractivity contribution < 1.29 is 13.2 Å². The maximum Gasteiger partial charge on any atom is 0.252 e. The van der Waals surface area contributed by atoms with Crippen molar-refractivity contribution in [1.82, 2.24) is 4.31 Å². The van der Waals surface area contributed by atoms with Gasteiger partial charge in [0.15, 0.2) is 0 Å². The maximum atomic E-state index is 12.2. The van der Waals surface area contributed by atoms with E-state index < -0.39 is 10.0 Å². The van der Waals surface area contributed by atoms with Crippen LogP contribution in [-0.2, 0) is 14.8 Å². The van der Waals surface area contributed by atoms with Crippen LogP contribution in [0.5, 0.6) is 0 Å². The summed E-state index contributed by atoms with van der Waals surface area (Å²) in [5.41, 5.74) is 0.743. The number of carbonyl (C=O) groups is 1. The van der Waals surface area contributed by atoms with Gasteiger partial charge in [-0.1, -0.05) is 24.3 Å². The van der Waals surface area contributed by atoms with Crippen LogP contribution < -0.4 is 5.32 Å². The summed E-state index contributed by atoms with van der Waals surface area (Å²) >= 11 is 1.19. The summed E-state index contributed by atoms with van der Waals surface area (Å²) in [5, 5.41) is 4.51. The fraction of sp³-hybridized carbons (Fsp3) is 0.267. The topological polar surface area (TPSA) is 66.5 Å². The van der Waals surface area contributed by atoms with E-state index in [4.69, 9.17) is 0 Å². The SMILES string of the molecule is CN(CCCC(=O)Nc1ccccc1)S(=O)(=O)c1cccs1. The van der Waals surface area contributed by atoms with Crippen molar-refractivity contribution in [3.63, 3.8) is 0 Å². The molecule has 0 spiro atoms. The summed E-state index contributed by atoms with van der Waals surface area (Å²) in [6, 6.07) is 12.5. The molecule has 1 heterocycles. The Hall–Kier alpha value is -1.70. The number of carbonyl (C=O) groups excluding carboxylic acids is 1. The molecular formula is C15H18N2O3S2. The molecular weight excluding hydrogens is 320 g/mol. The van der Waals surface area contributed by atoms with Gasteiger partial charge in [-0.3, -0.25) is 4.79 Å². The van der Waals surface area contributed by atoms with Crippen LogP contribution in [0.3, 0.4) is 0 Å². The average Bonchev–Trinajstić information content (AvgIpc) is 3.03. The summed E-state index contributed by atoms with van der Waals surface area (Å²) in [5.74, 6) is -0.117. The molecule has 2 aromatic rings. The molecule has 0 fully saturated rings. The van der Waals surface area contributed by atoms with Gasteiger partial charge in [0.2, 0.25) is 5.91 Å². The number of anilines is 1. The molecule has 0 saturated heterocycles. The number of hydrogen-bond acceptors (Lipinski definition) is 4. The summed E-state index contributed by atoms with van der Waals surface area (Å²) < 4.78 is 26.0. The molecule has 0 aliphatic rings. The fourth-order valence-corrected chi connectivity index (χ4v) is 4.30. The molecule has 1 aromatic heterocycles. The van der Waals surface area contributed by atoms with Crippen LogP contribution in [0, 0.1) is 0 Å². The highest BCUT2D eigenvalue weighted by molar-refractivity contribution is 7.91. The lowest BCUT2D eigenvalue weighted by molar-refractivity contribution is -0.116. The van der Waals surface area contributed by atoms with E-state index in [9.17, 15) is 13.2 Å². The van der Waals surface area contributed by atoms with Crippen LogP contribution in [0.2, 0.25) is 0 Å². The number of rotatable bonds is 7. The van der Waals surface area contributed by atoms with E-state index >= 15 is 0 Å². The molecule has 1 aromatic carbocycles. The molecule has 0 radical (unpaired) electrons.